The van der Waals surface area contributed by atoms with Crippen LogP contribution in [0.2, 0.25) is 0 Å². The fourth-order valence-electron chi connectivity index (χ4n) is 3.67. The summed E-state index contributed by atoms with van der Waals surface area (Å²) in [6, 6.07) is 15.3. The number of rotatable bonds is 5. The van der Waals surface area contributed by atoms with Crippen LogP contribution in [0.25, 0.3) is 28.4 Å². The first-order valence-electron chi connectivity index (χ1n) is 9.53. The maximum Gasteiger partial charge on any atom is 0.323 e. The van der Waals surface area contributed by atoms with Crippen molar-refractivity contribution >= 4 is 23.1 Å². The largest absolute Gasteiger partial charge is 0.471 e. The van der Waals surface area contributed by atoms with E-state index in [1.165, 1.54) is 7.11 Å². The number of benzene rings is 2. The quantitative estimate of drug-likeness (QED) is 0.622. The lowest BCUT2D eigenvalue weighted by Crippen LogP contribution is -2.33. The maximum atomic E-state index is 12.0. The van der Waals surface area contributed by atoms with Crippen LogP contribution >= 0.6 is 0 Å². The molecule has 0 unspecified atom stereocenters. The van der Waals surface area contributed by atoms with Gasteiger partial charge in [0.1, 0.15) is 17.8 Å². The van der Waals surface area contributed by atoms with E-state index < -0.39 is 0 Å². The number of ether oxygens (including phenoxy) is 2. The molecule has 1 aromatic heterocycles. The second-order valence-corrected chi connectivity index (χ2v) is 7.15. The Hall–Kier alpha value is -3.25. The number of para-hydroxylation sites is 2. The summed E-state index contributed by atoms with van der Waals surface area (Å²) in [6.07, 6.45) is 2.16. The monoisotopic (exact) mass is 389 g/mol. The van der Waals surface area contributed by atoms with Crippen LogP contribution in [0.5, 0.6) is 5.88 Å². The molecule has 2 aromatic carbocycles. The zero-order valence-electron chi connectivity index (χ0n) is 16.5. The Labute approximate surface area is 169 Å². The predicted octanol–water partition coefficient (Wildman–Crippen LogP) is 3.56. The van der Waals surface area contributed by atoms with Gasteiger partial charge in [-0.2, -0.15) is 0 Å². The summed E-state index contributed by atoms with van der Waals surface area (Å²) in [6.45, 7) is 4.46. The topological polar surface area (TPSA) is 64.5 Å². The minimum Gasteiger partial charge on any atom is -0.471 e. The molecular weight excluding hydrogens is 366 g/mol. The number of hydrogen-bond acceptors (Lipinski definition) is 6. The highest BCUT2D eigenvalue weighted by Crippen LogP contribution is 2.32. The van der Waals surface area contributed by atoms with Crippen LogP contribution in [0.1, 0.15) is 12.0 Å². The summed E-state index contributed by atoms with van der Waals surface area (Å²) in [7, 11) is 3.30. The number of likely N-dealkylation sites (N-methyl/N-ethyl adjacent to an activating group) is 1. The lowest BCUT2D eigenvalue weighted by molar-refractivity contribution is -0.145. The zero-order chi connectivity index (χ0) is 20.4. The number of carbonyl (C=O) groups is 1. The molecule has 2 heterocycles. The molecule has 1 fully saturated rings. The SMILES string of the molecule is C=Cc1cccc(-c2nc3ccccc3nc2O[C@@H]2C[C@@H](C(=O)OC)N(C)C2)c1. The van der Waals surface area contributed by atoms with Crippen molar-refractivity contribution in [1.29, 1.82) is 0 Å². The van der Waals surface area contributed by atoms with E-state index in [9.17, 15) is 4.79 Å². The van der Waals surface area contributed by atoms with E-state index in [1.807, 2.05) is 60.5 Å². The highest BCUT2D eigenvalue weighted by atomic mass is 16.5. The number of aromatic nitrogens is 2. The second-order valence-electron chi connectivity index (χ2n) is 7.15. The molecule has 4 rings (SSSR count). The van der Waals surface area contributed by atoms with Gasteiger partial charge in [0.15, 0.2) is 0 Å². The normalized spacial score (nSPS) is 19.2. The Morgan fingerprint density at radius 2 is 1.93 bits per heavy atom. The summed E-state index contributed by atoms with van der Waals surface area (Å²) in [5.41, 5.74) is 4.15. The molecule has 0 bridgehead atoms. The molecule has 1 aliphatic heterocycles. The van der Waals surface area contributed by atoms with E-state index in [-0.39, 0.29) is 18.1 Å². The van der Waals surface area contributed by atoms with Crippen LogP contribution in [0.4, 0.5) is 0 Å². The third-order valence-electron chi connectivity index (χ3n) is 5.20. The number of fused-ring (bicyclic) bond motifs is 1. The Morgan fingerprint density at radius 3 is 2.66 bits per heavy atom. The van der Waals surface area contributed by atoms with Crippen LogP contribution in [-0.2, 0) is 9.53 Å². The van der Waals surface area contributed by atoms with Crippen LogP contribution in [-0.4, -0.2) is 53.7 Å². The molecule has 2 atom stereocenters. The number of hydrogen-bond donors (Lipinski definition) is 0. The van der Waals surface area contributed by atoms with Gasteiger partial charge in [0.05, 0.1) is 18.1 Å². The predicted molar refractivity (Wildman–Crippen MR) is 113 cm³/mol. The van der Waals surface area contributed by atoms with Gasteiger partial charge in [0.2, 0.25) is 5.88 Å². The van der Waals surface area contributed by atoms with Crippen molar-refractivity contribution in [2.45, 2.75) is 18.6 Å². The van der Waals surface area contributed by atoms with Crippen LogP contribution < -0.4 is 4.74 Å². The highest BCUT2D eigenvalue weighted by molar-refractivity contribution is 5.80. The van der Waals surface area contributed by atoms with Gasteiger partial charge in [-0.3, -0.25) is 9.69 Å². The van der Waals surface area contributed by atoms with Crippen molar-refractivity contribution in [2.75, 3.05) is 20.7 Å². The summed E-state index contributed by atoms with van der Waals surface area (Å²) >= 11 is 0. The number of likely N-dealkylation sites (tertiary alicyclic amines) is 1. The van der Waals surface area contributed by atoms with Crippen molar-refractivity contribution in [1.82, 2.24) is 14.9 Å². The van der Waals surface area contributed by atoms with E-state index in [4.69, 9.17) is 19.4 Å². The molecule has 6 heteroatoms. The number of methoxy groups -OCH3 is 1. The molecule has 1 aliphatic rings. The Balaban J connectivity index is 1.73. The minimum atomic E-state index is -0.314. The van der Waals surface area contributed by atoms with Gasteiger partial charge >= 0.3 is 5.97 Å². The molecule has 1 saturated heterocycles. The van der Waals surface area contributed by atoms with E-state index >= 15 is 0 Å². The average Bonchev–Trinajstić information content (AvgIpc) is 3.12. The number of esters is 1. The molecule has 3 aromatic rings. The van der Waals surface area contributed by atoms with Gasteiger partial charge in [-0.1, -0.05) is 43.0 Å². The van der Waals surface area contributed by atoms with Crippen molar-refractivity contribution in [3.05, 3.63) is 60.7 Å². The van der Waals surface area contributed by atoms with Crippen LogP contribution in [0.15, 0.2) is 55.1 Å². The fraction of sp³-hybridized carbons (Fsp3) is 0.261. The first-order chi connectivity index (χ1) is 14.1. The molecule has 0 N–H and O–H groups in total. The Bertz CT molecular complexity index is 1070. The maximum absolute atomic E-state index is 12.0. The summed E-state index contributed by atoms with van der Waals surface area (Å²) in [5, 5.41) is 0. The van der Waals surface area contributed by atoms with E-state index in [0.29, 0.717) is 24.5 Å². The molecule has 0 radical (unpaired) electrons. The van der Waals surface area contributed by atoms with Gasteiger partial charge < -0.3 is 9.47 Å². The minimum absolute atomic E-state index is 0.180. The van der Waals surface area contributed by atoms with Crippen molar-refractivity contribution in [3.8, 4) is 17.1 Å². The van der Waals surface area contributed by atoms with Crippen molar-refractivity contribution < 1.29 is 14.3 Å². The number of nitrogens with zero attached hydrogens (tertiary/aromatic N) is 3. The van der Waals surface area contributed by atoms with Crippen LogP contribution in [0.3, 0.4) is 0 Å². The molecule has 0 spiro atoms. The van der Waals surface area contributed by atoms with Crippen molar-refractivity contribution in [3.63, 3.8) is 0 Å². The molecule has 0 amide bonds. The lowest BCUT2D eigenvalue weighted by atomic mass is 10.1. The third kappa shape index (κ3) is 3.84. The molecular formula is C23H23N3O3. The first kappa shape index (κ1) is 19.1. The molecule has 0 aliphatic carbocycles. The van der Waals surface area contributed by atoms with Gasteiger partial charge in [-0.05, 0) is 30.8 Å². The highest BCUT2D eigenvalue weighted by Gasteiger charge is 2.37. The Kier molecular flexibility index (Phi) is 5.27. The number of carbonyl (C=O) groups excluding carboxylic acids is 1. The van der Waals surface area contributed by atoms with Crippen molar-refractivity contribution in [2.24, 2.45) is 0 Å². The summed E-state index contributed by atoms with van der Waals surface area (Å²) < 4.78 is 11.2. The van der Waals surface area contributed by atoms with E-state index in [0.717, 1.165) is 22.2 Å². The Morgan fingerprint density at radius 1 is 1.17 bits per heavy atom. The standard InChI is InChI=1S/C23H23N3O3/c1-4-15-8-7-9-16(12-15)21-22(25-19-11-6-5-10-18(19)24-21)29-17-13-20(23(27)28-3)26(2)14-17/h4-12,17,20H,1,13-14H2,2-3H3/t17-,20+/m1/s1. The third-order valence-corrected chi connectivity index (χ3v) is 5.20. The summed E-state index contributed by atoms with van der Waals surface area (Å²) in [4.78, 5) is 23.5. The molecule has 0 saturated carbocycles. The van der Waals surface area contributed by atoms with Gasteiger partial charge in [0.25, 0.3) is 0 Å². The van der Waals surface area contributed by atoms with E-state index in [2.05, 4.69) is 6.58 Å². The zero-order valence-corrected chi connectivity index (χ0v) is 16.5. The molecule has 6 nitrogen and oxygen atoms in total. The molecule has 148 valence electrons. The van der Waals surface area contributed by atoms with E-state index in [1.54, 1.807) is 6.08 Å². The first-order valence-corrected chi connectivity index (χ1v) is 9.53. The smallest absolute Gasteiger partial charge is 0.323 e. The lowest BCUT2D eigenvalue weighted by Gasteiger charge is -2.16. The van der Waals surface area contributed by atoms with Gasteiger partial charge in [-0.15, -0.1) is 0 Å². The van der Waals surface area contributed by atoms with Crippen LogP contribution in [0, 0.1) is 0 Å². The van der Waals surface area contributed by atoms with Gasteiger partial charge in [0, 0.05) is 18.5 Å². The average molecular weight is 389 g/mol. The summed E-state index contributed by atoms with van der Waals surface area (Å²) in [5.74, 6) is 0.218. The van der Waals surface area contributed by atoms with Gasteiger partial charge in [-0.25, -0.2) is 9.97 Å². The fourth-order valence-corrected chi connectivity index (χ4v) is 3.67. The second kappa shape index (κ2) is 8.01. The molecule has 29 heavy (non-hydrogen) atoms.